The van der Waals surface area contributed by atoms with Gasteiger partial charge in [-0.1, -0.05) is 31.4 Å². The first-order chi connectivity index (χ1) is 11.9. The summed E-state index contributed by atoms with van der Waals surface area (Å²) in [6, 6.07) is 5.49. The molecule has 134 valence electrons. The number of hydrogen-bond donors (Lipinski definition) is 1. The summed E-state index contributed by atoms with van der Waals surface area (Å²) in [5.41, 5.74) is -0.161. The summed E-state index contributed by atoms with van der Waals surface area (Å²) in [5, 5.41) is 2.63. The van der Waals surface area contributed by atoms with Crippen molar-refractivity contribution in [3.05, 3.63) is 35.6 Å². The zero-order chi connectivity index (χ0) is 18.0. The molecule has 1 saturated heterocycles. The number of amides is 4. The first-order valence-corrected chi connectivity index (χ1v) is 8.55. The number of likely N-dealkylation sites (N-methyl/N-ethyl adjacent to an activating group) is 1. The molecule has 3 rings (SSSR count). The molecule has 2 aliphatic rings. The fourth-order valence-electron chi connectivity index (χ4n) is 3.72. The molecule has 1 saturated carbocycles. The molecule has 1 spiro atoms. The molecule has 0 aromatic heterocycles. The van der Waals surface area contributed by atoms with E-state index in [0.717, 1.165) is 24.2 Å². The van der Waals surface area contributed by atoms with Crippen LogP contribution in [0.5, 0.6) is 0 Å². The highest BCUT2D eigenvalue weighted by molar-refractivity contribution is 6.08. The second kappa shape index (κ2) is 6.82. The summed E-state index contributed by atoms with van der Waals surface area (Å²) < 4.78 is 13.2. The minimum Gasteiger partial charge on any atom is -0.350 e. The van der Waals surface area contributed by atoms with Gasteiger partial charge in [-0.25, -0.2) is 9.18 Å². The van der Waals surface area contributed by atoms with Crippen LogP contribution in [0.2, 0.25) is 0 Å². The van der Waals surface area contributed by atoms with Gasteiger partial charge in [0.25, 0.3) is 5.91 Å². The lowest BCUT2D eigenvalue weighted by molar-refractivity contribution is -0.137. The number of halogens is 1. The zero-order valence-corrected chi connectivity index (χ0v) is 14.3. The maximum absolute atomic E-state index is 13.2. The van der Waals surface area contributed by atoms with E-state index in [4.69, 9.17) is 0 Å². The third-order valence-corrected chi connectivity index (χ3v) is 5.16. The van der Waals surface area contributed by atoms with Crippen molar-refractivity contribution in [1.82, 2.24) is 15.1 Å². The fourth-order valence-corrected chi connectivity index (χ4v) is 3.72. The van der Waals surface area contributed by atoms with Gasteiger partial charge in [0.2, 0.25) is 5.91 Å². The normalized spacial score (nSPS) is 19.6. The number of urea groups is 1. The fraction of sp³-hybridized carbons (Fsp3) is 0.500. The van der Waals surface area contributed by atoms with Crippen molar-refractivity contribution < 1.29 is 18.8 Å². The summed E-state index contributed by atoms with van der Waals surface area (Å²) in [6.45, 7) is -0.160. The average Bonchev–Trinajstić information content (AvgIpc) is 2.77. The third-order valence-electron chi connectivity index (χ3n) is 5.16. The highest BCUT2D eigenvalue weighted by Gasteiger charge is 2.55. The van der Waals surface area contributed by atoms with Gasteiger partial charge in [0.1, 0.15) is 17.9 Å². The highest BCUT2D eigenvalue weighted by Crippen LogP contribution is 2.39. The van der Waals surface area contributed by atoms with Gasteiger partial charge in [0.15, 0.2) is 0 Å². The average molecular weight is 347 g/mol. The van der Waals surface area contributed by atoms with Gasteiger partial charge in [-0.15, -0.1) is 0 Å². The first-order valence-electron chi connectivity index (χ1n) is 8.55. The lowest BCUT2D eigenvalue weighted by Crippen LogP contribution is -2.49. The van der Waals surface area contributed by atoms with Gasteiger partial charge in [0, 0.05) is 13.6 Å². The number of imide groups is 1. The summed E-state index contributed by atoms with van der Waals surface area (Å²) in [7, 11) is 1.64. The quantitative estimate of drug-likeness (QED) is 0.848. The minimum absolute atomic E-state index is 0.147. The molecule has 1 aromatic rings. The van der Waals surface area contributed by atoms with Crippen LogP contribution in [0.1, 0.15) is 37.7 Å². The Morgan fingerprint density at radius 3 is 2.64 bits per heavy atom. The van der Waals surface area contributed by atoms with Crippen LogP contribution in [0.25, 0.3) is 0 Å². The van der Waals surface area contributed by atoms with Crippen LogP contribution in [-0.4, -0.2) is 46.8 Å². The maximum atomic E-state index is 13.2. The molecular formula is C18H22FN3O3. The summed E-state index contributed by atoms with van der Waals surface area (Å²) in [4.78, 5) is 39.9. The lowest BCUT2D eigenvalue weighted by Gasteiger charge is -2.35. The second-order valence-electron chi connectivity index (χ2n) is 6.73. The number of nitrogens with zero attached hydrogens (tertiary/aromatic N) is 2. The number of carbonyl (C=O) groups excluding carboxylic acids is 3. The van der Waals surface area contributed by atoms with Crippen LogP contribution in [0.15, 0.2) is 24.3 Å². The molecule has 1 aliphatic heterocycles. The second-order valence-corrected chi connectivity index (χ2v) is 6.73. The minimum atomic E-state index is -0.780. The molecule has 1 aliphatic carbocycles. The number of nitrogens with one attached hydrogen (secondary N) is 1. The van der Waals surface area contributed by atoms with Crippen molar-refractivity contribution in [1.29, 1.82) is 0 Å². The Balaban J connectivity index is 1.63. The molecule has 0 bridgehead atoms. The Morgan fingerprint density at radius 1 is 1.24 bits per heavy atom. The number of hydrogen-bond acceptors (Lipinski definition) is 3. The Kier molecular flexibility index (Phi) is 4.74. The van der Waals surface area contributed by atoms with Crippen molar-refractivity contribution in [2.75, 3.05) is 13.6 Å². The smallest absolute Gasteiger partial charge is 0.327 e. The molecule has 7 heteroatoms. The van der Waals surface area contributed by atoms with Crippen molar-refractivity contribution in [3.8, 4) is 0 Å². The number of carbonyl (C=O) groups is 3. The van der Waals surface area contributed by atoms with E-state index in [0.29, 0.717) is 18.4 Å². The van der Waals surface area contributed by atoms with E-state index in [2.05, 4.69) is 5.32 Å². The standard InChI is InChI=1S/C18H22FN3O3/c1-21-17(25)22(16(24)18(21)8-3-2-4-9-18)12-15(23)20-11-13-6-5-7-14(19)10-13/h5-7,10H,2-4,8-9,11-12H2,1H3,(H,20,23). The monoisotopic (exact) mass is 347 g/mol. The van der Waals surface area contributed by atoms with Crippen molar-refractivity contribution in [3.63, 3.8) is 0 Å². The van der Waals surface area contributed by atoms with E-state index in [-0.39, 0.29) is 24.8 Å². The molecule has 4 amide bonds. The number of rotatable bonds is 4. The first kappa shape index (κ1) is 17.4. The van der Waals surface area contributed by atoms with Crippen LogP contribution < -0.4 is 5.32 Å². The van der Waals surface area contributed by atoms with Crippen molar-refractivity contribution in [2.24, 2.45) is 0 Å². The third kappa shape index (κ3) is 3.23. The molecule has 1 N–H and O–H groups in total. The SMILES string of the molecule is CN1C(=O)N(CC(=O)NCc2cccc(F)c2)C(=O)C12CCCCC2. The van der Waals surface area contributed by atoms with Crippen molar-refractivity contribution >= 4 is 17.8 Å². The van der Waals surface area contributed by atoms with Gasteiger partial charge in [0.05, 0.1) is 0 Å². The summed E-state index contributed by atoms with van der Waals surface area (Å²) in [6.07, 6.45) is 4.17. The van der Waals surface area contributed by atoms with Crippen molar-refractivity contribution in [2.45, 2.75) is 44.2 Å². The topological polar surface area (TPSA) is 69.7 Å². The van der Waals surface area contributed by atoms with Crippen LogP contribution in [0.3, 0.4) is 0 Å². The van der Waals surface area contributed by atoms with Crippen LogP contribution >= 0.6 is 0 Å². The van der Waals surface area contributed by atoms with E-state index in [1.54, 1.807) is 19.2 Å². The molecular weight excluding hydrogens is 325 g/mol. The largest absolute Gasteiger partial charge is 0.350 e. The zero-order valence-electron chi connectivity index (χ0n) is 14.3. The van der Waals surface area contributed by atoms with E-state index >= 15 is 0 Å². The van der Waals surface area contributed by atoms with Gasteiger partial charge >= 0.3 is 6.03 Å². The number of benzene rings is 1. The molecule has 2 fully saturated rings. The molecule has 0 radical (unpaired) electrons. The van der Waals surface area contributed by atoms with Crippen LogP contribution in [-0.2, 0) is 16.1 Å². The Labute approximate surface area is 146 Å². The molecule has 6 nitrogen and oxygen atoms in total. The highest BCUT2D eigenvalue weighted by atomic mass is 19.1. The molecule has 25 heavy (non-hydrogen) atoms. The van der Waals surface area contributed by atoms with Crippen LogP contribution in [0, 0.1) is 5.82 Å². The van der Waals surface area contributed by atoms with E-state index in [1.165, 1.54) is 17.0 Å². The summed E-state index contributed by atoms with van der Waals surface area (Å²) in [5.74, 6) is -1.09. The van der Waals surface area contributed by atoms with E-state index in [9.17, 15) is 18.8 Å². The predicted molar refractivity (Wildman–Crippen MR) is 88.9 cm³/mol. The van der Waals surface area contributed by atoms with E-state index < -0.39 is 17.5 Å². The molecule has 0 atom stereocenters. The Bertz CT molecular complexity index is 701. The summed E-state index contributed by atoms with van der Waals surface area (Å²) >= 11 is 0. The lowest BCUT2D eigenvalue weighted by atomic mass is 9.81. The van der Waals surface area contributed by atoms with E-state index in [1.807, 2.05) is 0 Å². The predicted octanol–water partition coefficient (Wildman–Crippen LogP) is 2.04. The Hall–Kier alpha value is -2.44. The van der Waals surface area contributed by atoms with Crippen LogP contribution in [0.4, 0.5) is 9.18 Å². The van der Waals surface area contributed by atoms with Gasteiger partial charge in [-0.3, -0.25) is 14.5 Å². The molecule has 1 aromatic carbocycles. The van der Waals surface area contributed by atoms with Gasteiger partial charge < -0.3 is 10.2 Å². The van der Waals surface area contributed by atoms with Gasteiger partial charge in [-0.05, 0) is 30.5 Å². The van der Waals surface area contributed by atoms with Gasteiger partial charge in [-0.2, -0.15) is 0 Å². The Morgan fingerprint density at radius 2 is 1.96 bits per heavy atom. The molecule has 1 heterocycles. The maximum Gasteiger partial charge on any atom is 0.327 e. The molecule has 0 unspecified atom stereocenters.